The summed E-state index contributed by atoms with van der Waals surface area (Å²) in [6.45, 7) is 3.74. The van der Waals surface area contributed by atoms with Gasteiger partial charge in [0.1, 0.15) is 11.7 Å². The maximum Gasteiger partial charge on any atom is 0.320 e. The summed E-state index contributed by atoms with van der Waals surface area (Å²) in [4.78, 5) is 36.3. The molecule has 7 rings (SSSR count). The molecule has 1 spiro atoms. The normalized spacial score (nSPS) is 23.7. The number of carbonyl (C=O) groups is 1. The van der Waals surface area contributed by atoms with Gasteiger partial charge in [0.05, 0.1) is 30.9 Å². The molecule has 2 amide bonds. The number of piperidine rings is 1. The van der Waals surface area contributed by atoms with Crippen molar-refractivity contribution < 1.29 is 9.90 Å². The summed E-state index contributed by atoms with van der Waals surface area (Å²) in [5.74, 6) is 0. The van der Waals surface area contributed by atoms with Gasteiger partial charge in [-0.1, -0.05) is 73.5 Å². The van der Waals surface area contributed by atoms with Crippen molar-refractivity contribution in [3.8, 4) is 0 Å². The summed E-state index contributed by atoms with van der Waals surface area (Å²) < 4.78 is 3.29. The van der Waals surface area contributed by atoms with Gasteiger partial charge in [-0.2, -0.15) is 5.10 Å². The molecule has 1 unspecified atom stereocenters. The van der Waals surface area contributed by atoms with E-state index in [-0.39, 0.29) is 24.2 Å². The number of nitrogens with zero attached hydrogens (tertiary/aromatic N) is 6. The third kappa shape index (κ3) is 5.02. The van der Waals surface area contributed by atoms with Gasteiger partial charge < -0.3 is 20.2 Å². The lowest BCUT2D eigenvalue weighted by Gasteiger charge is -2.53. The highest BCUT2D eigenvalue weighted by atomic mass is 16.3. The van der Waals surface area contributed by atoms with Crippen molar-refractivity contribution in [3.05, 3.63) is 94.7 Å². The number of aromatic nitrogens is 4. The van der Waals surface area contributed by atoms with Crippen LogP contribution in [0.5, 0.6) is 0 Å². The maximum atomic E-state index is 14.0. The van der Waals surface area contributed by atoms with E-state index >= 15 is 0 Å². The van der Waals surface area contributed by atoms with Crippen LogP contribution in [0.4, 0.5) is 4.79 Å². The van der Waals surface area contributed by atoms with Crippen molar-refractivity contribution in [2.75, 3.05) is 32.7 Å². The highest BCUT2D eigenvalue weighted by Crippen LogP contribution is 2.51. The van der Waals surface area contributed by atoms with E-state index in [2.05, 4.69) is 27.5 Å². The van der Waals surface area contributed by atoms with Gasteiger partial charge in [0, 0.05) is 38.1 Å². The fraction of sp³-hybridized carbons (Fsp3) is 0.455. The van der Waals surface area contributed by atoms with E-state index in [0.717, 1.165) is 49.9 Å². The number of hydrogen-bond donors (Lipinski definition) is 2. The lowest BCUT2D eigenvalue weighted by Crippen LogP contribution is -2.64. The molecule has 224 valence electrons. The van der Waals surface area contributed by atoms with Gasteiger partial charge >= 0.3 is 6.03 Å². The van der Waals surface area contributed by atoms with Crippen LogP contribution >= 0.6 is 0 Å². The van der Waals surface area contributed by atoms with Crippen LogP contribution in [0.3, 0.4) is 0 Å². The number of carbonyl (C=O) groups excluding carboxylic acids is 1. The van der Waals surface area contributed by atoms with Gasteiger partial charge in [-0.3, -0.25) is 9.36 Å². The molecule has 2 aliphatic heterocycles. The number of rotatable bonds is 5. The Labute approximate surface area is 250 Å². The van der Waals surface area contributed by atoms with Gasteiger partial charge in [-0.25, -0.2) is 14.5 Å². The monoisotopic (exact) mass is 581 g/mol. The van der Waals surface area contributed by atoms with Gasteiger partial charge in [-0.05, 0) is 30.4 Å². The SMILES string of the molecule is O=C(N1CCC(O)(Cn2cnc3c(cnn3Cc3ccccc3)c2=O)C2(CCCC2)C1)N1CCNC[C@H]1c1ccccc1. The standard InChI is InChI=1S/C33H39N7O3/c41-30-27-19-36-40(21-25-9-3-1-4-10-25)29(27)35-24-38(30)23-33(43)15-17-37(22-32(33)13-7-8-14-32)31(42)39-18-16-34-20-28(39)26-11-5-2-6-12-26/h1-6,9-12,19,24,28,34,43H,7-8,13-18,20-23H2/t28-,33?/m0/s1. The number of aliphatic hydroxyl groups is 1. The molecular weight excluding hydrogens is 542 g/mol. The number of nitrogens with one attached hydrogen (secondary N) is 1. The Kier molecular flexibility index (Phi) is 7.26. The first-order chi connectivity index (χ1) is 21.0. The number of fused-ring (bicyclic) bond motifs is 1. The van der Waals surface area contributed by atoms with Crippen LogP contribution < -0.4 is 10.9 Å². The number of hydrogen-bond acceptors (Lipinski definition) is 6. The molecule has 4 heterocycles. The summed E-state index contributed by atoms with van der Waals surface area (Å²) in [5.41, 5.74) is 0.952. The van der Waals surface area contributed by atoms with E-state index in [1.165, 1.54) is 0 Å². The van der Waals surface area contributed by atoms with Crippen molar-refractivity contribution in [1.82, 2.24) is 34.4 Å². The Morgan fingerprint density at radius 2 is 1.74 bits per heavy atom. The largest absolute Gasteiger partial charge is 0.387 e. The molecule has 2 atom stereocenters. The Bertz CT molecular complexity index is 1650. The first-order valence-corrected chi connectivity index (χ1v) is 15.4. The van der Waals surface area contributed by atoms with E-state index in [4.69, 9.17) is 0 Å². The molecule has 10 nitrogen and oxygen atoms in total. The molecule has 4 aromatic rings. The number of benzene rings is 2. The topological polar surface area (TPSA) is 109 Å². The fourth-order valence-electron chi connectivity index (χ4n) is 7.61. The number of urea groups is 1. The van der Waals surface area contributed by atoms with Crippen LogP contribution in [0, 0.1) is 5.41 Å². The van der Waals surface area contributed by atoms with Crippen LogP contribution in [-0.2, 0) is 13.1 Å². The molecule has 10 heteroatoms. The molecule has 2 aromatic carbocycles. The summed E-state index contributed by atoms with van der Waals surface area (Å²) in [7, 11) is 0. The molecule has 2 aromatic heterocycles. The van der Waals surface area contributed by atoms with E-state index < -0.39 is 11.0 Å². The molecule has 1 saturated carbocycles. The smallest absolute Gasteiger partial charge is 0.320 e. The molecule has 2 N–H and O–H groups in total. The third-order valence-corrected chi connectivity index (χ3v) is 10.0. The molecular formula is C33H39N7O3. The lowest BCUT2D eigenvalue weighted by molar-refractivity contribution is -0.136. The van der Waals surface area contributed by atoms with E-state index in [1.807, 2.05) is 58.3 Å². The summed E-state index contributed by atoms with van der Waals surface area (Å²) in [6, 6.07) is 20.2. The van der Waals surface area contributed by atoms with Gasteiger partial charge in [0.15, 0.2) is 5.65 Å². The van der Waals surface area contributed by atoms with Crippen LogP contribution in [0.1, 0.15) is 49.3 Å². The molecule has 3 aliphatic rings. The Morgan fingerprint density at radius 1 is 1.00 bits per heavy atom. The van der Waals surface area contributed by atoms with Crippen molar-refractivity contribution in [1.29, 1.82) is 0 Å². The number of piperazine rings is 1. The van der Waals surface area contributed by atoms with Crippen molar-refractivity contribution in [2.24, 2.45) is 5.41 Å². The molecule has 0 bridgehead atoms. The molecule has 1 aliphatic carbocycles. The van der Waals surface area contributed by atoms with Crippen LogP contribution in [-0.4, -0.2) is 78.6 Å². The Balaban J connectivity index is 1.12. The van der Waals surface area contributed by atoms with Crippen molar-refractivity contribution in [2.45, 2.75) is 56.8 Å². The second kappa shape index (κ2) is 11.2. The Morgan fingerprint density at radius 3 is 2.51 bits per heavy atom. The first kappa shape index (κ1) is 27.8. The molecule has 2 saturated heterocycles. The minimum atomic E-state index is -1.12. The first-order valence-electron chi connectivity index (χ1n) is 15.4. The zero-order valence-corrected chi connectivity index (χ0v) is 24.4. The van der Waals surface area contributed by atoms with Crippen molar-refractivity contribution in [3.63, 3.8) is 0 Å². The minimum absolute atomic E-state index is 0.0259. The fourth-order valence-corrected chi connectivity index (χ4v) is 7.61. The quantitative estimate of drug-likeness (QED) is 0.374. The maximum absolute atomic E-state index is 14.0. The number of amides is 2. The average Bonchev–Trinajstić information content (AvgIpc) is 3.69. The predicted molar refractivity (Wildman–Crippen MR) is 164 cm³/mol. The average molecular weight is 582 g/mol. The third-order valence-electron chi connectivity index (χ3n) is 10.0. The second-order valence-electron chi connectivity index (χ2n) is 12.5. The summed E-state index contributed by atoms with van der Waals surface area (Å²) >= 11 is 0. The van der Waals surface area contributed by atoms with E-state index in [0.29, 0.717) is 43.6 Å². The van der Waals surface area contributed by atoms with Gasteiger partial charge in [0.2, 0.25) is 0 Å². The Hall–Kier alpha value is -4.02. The zero-order chi connectivity index (χ0) is 29.4. The van der Waals surface area contributed by atoms with E-state index in [9.17, 15) is 14.7 Å². The summed E-state index contributed by atoms with van der Waals surface area (Å²) in [6.07, 6.45) is 7.21. The number of likely N-dealkylation sites (tertiary alicyclic amines) is 1. The molecule has 3 fully saturated rings. The van der Waals surface area contributed by atoms with Crippen molar-refractivity contribution >= 4 is 17.1 Å². The van der Waals surface area contributed by atoms with E-state index in [1.54, 1.807) is 21.8 Å². The van der Waals surface area contributed by atoms with Gasteiger partial charge in [0.25, 0.3) is 5.56 Å². The minimum Gasteiger partial charge on any atom is -0.387 e. The predicted octanol–water partition coefficient (Wildman–Crippen LogP) is 3.41. The highest BCUT2D eigenvalue weighted by Gasteiger charge is 2.56. The van der Waals surface area contributed by atoms with Gasteiger partial charge in [-0.15, -0.1) is 0 Å². The molecule has 43 heavy (non-hydrogen) atoms. The second-order valence-corrected chi connectivity index (χ2v) is 12.5. The summed E-state index contributed by atoms with van der Waals surface area (Å²) in [5, 5.41) is 20.7. The van der Waals surface area contributed by atoms with Crippen LogP contribution in [0.25, 0.3) is 11.0 Å². The lowest BCUT2D eigenvalue weighted by atomic mass is 9.66. The highest BCUT2D eigenvalue weighted by molar-refractivity contribution is 5.76. The van der Waals surface area contributed by atoms with Crippen LogP contribution in [0.2, 0.25) is 0 Å². The zero-order valence-electron chi connectivity index (χ0n) is 24.4. The molecule has 0 radical (unpaired) electrons. The van der Waals surface area contributed by atoms with Crippen LogP contribution in [0.15, 0.2) is 78.0 Å².